The lowest BCUT2D eigenvalue weighted by Crippen LogP contribution is -2.46. The van der Waals surface area contributed by atoms with E-state index in [2.05, 4.69) is 15.0 Å². The second kappa shape index (κ2) is 14.0. The minimum atomic E-state index is -0.964. The lowest BCUT2D eigenvalue weighted by atomic mass is 10.1. The number of nitrogens with zero attached hydrogens (tertiary/aromatic N) is 3. The number of likely N-dealkylation sites (tertiary alicyclic amines) is 1. The highest BCUT2D eigenvalue weighted by Gasteiger charge is 2.26. The van der Waals surface area contributed by atoms with E-state index in [-0.39, 0.29) is 19.4 Å². The Balaban J connectivity index is 2.54. The number of amides is 1. The summed E-state index contributed by atoms with van der Waals surface area (Å²) in [6.07, 6.45) is 6.07. The van der Waals surface area contributed by atoms with Gasteiger partial charge in [-0.25, -0.2) is 4.79 Å². The van der Waals surface area contributed by atoms with E-state index in [1.165, 1.54) is 26.4 Å². The number of hydrogen-bond donors (Lipinski definition) is 1. The number of Topliss-reactive ketones (excluding diaryl/α,β-unsaturated/α-hetero) is 1. The van der Waals surface area contributed by atoms with Crippen LogP contribution in [0.3, 0.4) is 0 Å². The van der Waals surface area contributed by atoms with Crippen LogP contribution in [0.4, 0.5) is 0 Å². The molecule has 1 heterocycles. The van der Waals surface area contributed by atoms with Gasteiger partial charge in [0.1, 0.15) is 18.8 Å². The molecule has 0 aromatic carbocycles. The number of ether oxygens (including phenoxy) is 2. The van der Waals surface area contributed by atoms with Crippen molar-refractivity contribution in [2.75, 3.05) is 33.4 Å². The first-order chi connectivity index (χ1) is 13.5. The van der Waals surface area contributed by atoms with E-state index < -0.39 is 29.8 Å². The Morgan fingerprint density at radius 1 is 1.18 bits per heavy atom. The van der Waals surface area contributed by atoms with Crippen LogP contribution in [0.15, 0.2) is 0 Å². The maximum Gasteiger partial charge on any atom is 0.328 e. The standard InChI is InChI=1S/C19H32N4O5/c1-15(27-2)18(25)22-17(9-8-16(24)14-21-20)19(26)28-13-12-23-10-6-4-3-5-7-11-23/h14-15,17H,3-13H2,1-2H3,(H,22,25)/t15-,17-/m0/s1. The summed E-state index contributed by atoms with van der Waals surface area (Å²) in [4.78, 5) is 41.0. The minimum Gasteiger partial charge on any atom is -0.463 e. The first-order valence-corrected chi connectivity index (χ1v) is 9.90. The van der Waals surface area contributed by atoms with Gasteiger partial charge in [0.2, 0.25) is 11.7 Å². The predicted octanol–water partition coefficient (Wildman–Crippen LogP) is 0.965. The summed E-state index contributed by atoms with van der Waals surface area (Å²) in [6.45, 7) is 4.44. The van der Waals surface area contributed by atoms with E-state index in [0.29, 0.717) is 6.54 Å². The molecule has 0 radical (unpaired) electrons. The molecule has 1 rings (SSSR count). The van der Waals surface area contributed by atoms with Crippen LogP contribution in [0.5, 0.6) is 0 Å². The number of esters is 1. The number of carbonyl (C=O) groups is 3. The average Bonchev–Trinajstić information content (AvgIpc) is 2.65. The molecule has 158 valence electrons. The highest BCUT2D eigenvalue weighted by Crippen LogP contribution is 2.10. The SMILES string of the molecule is CO[C@@H](C)C(=O)N[C@@H](CCC(=O)C=[N+]=[N-])C(=O)OCCN1CCCCCCC1. The molecule has 1 saturated heterocycles. The molecular weight excluding hydrogens is 364 g/mol. The molecule has 0 saturated carbocycles. The molecule has 0 aromatic heterocycles. The van der Waals surface area contributed by atoms with Crippen molar-refractivity contribution in [2.24, 2.45) is 0 Å². The molecule has 28 heavy (non-hydrogen) atoms. The first-order valence-electron chi connectivity index (χ1n) is 9.90. The number of rotatable bonds is 11. The number of methoxy groups -OCH3 is 1. The molecule has 0 aliphatic carbocycles. The highest BCUT2D eigenvalue weighted by atomic mass is 16.5. The third-order valence-electron chi connectivity index (χ3n) is 4.81. The van der Waals surface area contributed by atoms with Crippen LogP contribution in [0.25, 0.3) is 5.53 Å². The van der Waals surface area contributed by atoms with Crippen molar-refractivity contribution in [1.82, 2.24) is 10.2 Å². The first kappa shape index (κ1) is 23.9. The summed E-state index contributed by atoms with van der Waals surface area (Å²) >= 11 is 0. The molecule has 0 spiro atoms. The van der Waals surface area contributed by atoms with Crippen LogP contribution in [0.2, 0.25) is 0 Å². The molecule has 9 heteroatoms. The zero-order valence-corrected chi connectivity index (χ0v) is 16.9. The Morgan fingerprint density at radius 2 is 1.82 bits per heavy atom. The van der Waals surface area contributed by atoms with E-state index in [1.807, 2.05) is 0 Å². The maximum absolute atomic E-state index is 12.4. The minimum absolute atomic E-state index is 0.0512. The van der Waals surface area contributed by atoms with E-state index in [1.54, 1.807) is 6.92 Å². The van der Waals surface area contributed by atoms with Crippen LogP contribution in [0.1, 0.15) is 51.9 Å². The molecule has 9 nitrogen and oxygen atoms in total. The topological polar surface area (TPSA) is 121 Å². The fourth-order valence-corrected chi connectivity index (χ4v) is 2.97. The van der Waals surface area contributed by atoms with Crippen molar-refractivity contribution in [3.63, 3.8) is 0 Å². The third kappa shape index (κ3) is 9.73. The van der Waals surface area contributed by atoms with Gasteiger partial charge in [0.25, 0.3) is 0 Å². The van der Waals surface area contributed by atoms with Crippen molar-refractivity contribution < 1.29 is 28.6 Å². The fraction of sp³-hybridized carbons (Fsp3) is 0.789. The molecule has 1 aliphatic heterocycles. The molecule has 1 amide bonds. The second-order valence-corrected chi connectivity index (χ2v) is 6.97. The van der Waals surface area contributed by atoms with Crippen LogP contribution in [-0.4, -0.2) is 79.1 Å². The quantitative estimate of drug-likeness (QED) is 0.240. The van der Waals surface area contributed by atoms with Crippen LogP contribution < -0.4 is 5.32 Å². The molecule has 0 bridgehead atoms. The number of hydrogen-bond acceptors (Lipinski definition) is 6. The summed E-state index contributed by atoms with van der Waals surface area (Å²) in [5, 5.41) is 2.56. The van der Waals surface area contributed by atoms with Crippen molar-refractivity contribution in [1.29, 1.82) is 0 Å². The summed E-state index contributed by atoms with van der Waals surface area (Å²) < 4.78 is 10.3. The van der Waals surface area contributed by atoms with Gasteiger partial charge in [0.05, 0.1) is 0 Å². The third-order valence-corrected chi connectivity index (χ3v) is 4.81. The largest absolute Gasteiger partial charge is 0.463 e. The smallest absolute Gasteiger partial charge is 0.328 e. The van der Waals surface area contributed by atoms with Gasteiger partial charge in [0, 0.05) is 20.1 Å². The lowest BCUT2D eigenvalue weighted by Gasteiger charge is -2.25. The predicted molar refractivity (Wildman–Crippen MR) is 103 cm³/mol. The van der Waals surface area contributed by atoms with Crippen LogP contribution >= 0.6 is 0 Å². The van der Waals surface area contributed by atoms with Crippen molar-refractivity contribution in [3.8, 4) is 0 Å². The number of carbonyl (C=O) groups excluding carboxylic acids is 3. The van der Waals surface area contributed by atoms with E-state index in [4.69, 9.17) is 15.0 Å². The van der Waals surface area contributed by atoms with E-state index >= 15 is 0 Å². The molecule has 1 aliphatic rings. The maximum atomic E-state index is 12.4. The van der Waals surface area contributed by atoms with E-state index in [0.717, 1.165) is 32.1 Å². The Morgan fingerprint density at radius 3 is 2.43 bits per heavy atom. The average molecular weight is 396 g/mol. The van der Waals surface area contributed by atoms with Gasteiger partial charge in [0.15, 0.2) is 0 Å². The van der Waals surface area contributed by atoms with Gasteiger partial charge < -0.3 is 20.3 Å². The van der Waals surface area contributed by atoms with Crippen molar-refractivity contribution >= 4 is 23.9 Å². The van der Waals surface area contributed by atoms with Gasteiger partial charge in [-0.3, -0.25) is 14.5 Å². The number of nitrogens with one attached hydrogen (secondary N) is 1. The second-order valence-electron chi connectivity index (χ2n) is 6.97. The van der Waals surface area contributed by atoms with Gasteiger partial charge in [-0.2, -0.15) is 4.79 Å². The summed E-state index contributed by atoms with van der Waals surface area (Å²) in [6, 6.07) is -0.964. The zero-order chi connectivity index (χ0) is 20.8. The summed E-state index contributed by atoms with van der Waals surface area (Å²) in [7, 11) is 1.39. The van der Waals surface area contributed by atoms with Crippen molar-refractivity contribution in [3.05, 3.63) is 5.53 Å². The van der Waals surface area contributed by atoms with E-state index in [9.17, 15) is 14.4 Å². The lowest BCUT2D eigenvalue weighted by molar-refractivity contribution is -0.149. The molecule has 0 aromatic rings. The normalized spacial score (nSPS) is 17.4. The molecular formula is C19H32N4O5. The Hall–Kier alpha value is -2.09. The Labute approximate surface area is 166 Å². The Bertz CT molecular complexity index is 555. The van der Waals surface area contributed by atoms with Gasteiger partial charge in [-0.1, -0.05) is 19.3 Å². The molecule has 1 fully saturated rings. The molecule has 1 N–H and O–H groups in total. The Kier molecular flexibility index (Phi) is 12.0. The monoisotopic (exact) mass is 396 g/mol. The van der Waals surface area contributed by atoms with Gasteiger partial charge in [-0.05, 0) is 39.3 Å². The fourth-order valence-electron chi connectivity index (χ4n) is 2.97. The van der Waals surface area contributed by atoms with Crippen molar-refractivity contribution in [2.45, 2.75) is 64.0 Å². The summed E-state index contributed by atoms with van der Waals surface area (Å²) in [5.41, 5.74) is 8.40. The van der Waals surface area contributed by atoms with Gasteiger partial charge >= 0.3 is 12.2 Å². The van der Waals surface area contributed by atoms with Gasteiger partial charge in [-0.15, -0.1) is 0 Å². The molecule has 2 atom stereocenters. The van der Waals surface area contributed by atoms with Crippen LogP contribution in [0, 0.1) is 0 Å². The zero-order valence-electron chi connectivity index (χ0n) is 16.9. The highest BCUT2D eigenvalue weighted by molar-refractivity contribution is 6.25. The van der Waals surface area contributed by atoms with Crippen LogP contribution in [-0.2, 0) is 23.9 Å². The molecule has 0 unspecified atom stereocenters. The number of ketones is 1. The summed E-state index contributed by atoms with van der Waals surface area (Å²) in [5.74, 6) is -1.50.